The number of rotatable bonds is 8. The van der Waals surface area contributed by atoms with E-state index >= 15 is 0 Å². The molecule has 0 saturated carbocycles. The predicted octanol–water partition coefficient (Wildman–Crippen LogP) is 3.06. The highest BCUT2D eigenvalue weighted by molar-refractivity contribution is 6.00. The summed E-state index contributed by atoms with van der Waals surface area (Å²) in [5.74, 6) is -0.586. The lowest BCUT2D eigenvalue weighted by Gasteiger charge is -2.22. The Kier molecular flexibility index (Phi) is 7.77. The average Bonchev–Trinajstić information content (AvgIpc) is 3.74. The van der Waals surface area contributed by atoms with E-state index in [0.29, 0.717) is 53.4 Å². The summed E-state index contributed by atoms with van der Waals surface area (Å²) in [6, 6.07) is 9.00. The largest absolute Gasteiger partial charge is 0.453 e. The van der Waals surface area contributed by atoms with Crippen molar-refractivity contribution in [2.45, 2.75) is 38.1 Å². The van der Waals surface area contributed by atoms with Gasteiger partial charge in [-0.2, -0.15) is 15.5 Å². The van der Waals surface area contributed by atoms with E-state index in [2.05, 4.69) is 31.9 Å². The molecule has 4 aromatic rings. The Morgan fingerprint density at radius 3 is 2.81 bits per heavy atom. The molecule has 0 aliphatic carbocycles. The third-order valence-electron chi connectivity index (χ3n) is 7.10. The van der Waals surface area contributed by atoms with Gasteiger partial charge in [0.2, 0.25) is 0 Å². The first kappa shape index (κ1) is 28.5. The molecule has 2 amide bonds. The van der Waals surface area contributed by atoms with Gasteiger partial charge >= 0.3 is 6.09 Å². The predicted molar refractivity (Wildman–Crippen MR) is 150 cm³/mol. The van der Waals surface area contributed by atoms with Gasteiger partial charge in [0, 0.05) is 25.5 Å². The van der Waals surface area contributed by atoms with E-state index in [-0.39, 0.29) is 17.7 Å². The van der Waals surface area contributed by atoms with Crippen molar-refractivity contribution in [1.82, 2.24) is 34.6 Å². The van der Waals surface area contributed by atoms with Crippen LogP contribution in [0.25, 0.3) is 16.9 Å². The quantitative estimate of drug-likeness (QED) is 0.287. The van der Waals surface area contributed by atoms with Crippen molar-refractivity contribution < 1.29 is 23.8 Å². The van der Waals surface area contributed by atoms with Crippen LogP contribution in [-0.2, 0) is 4.74 Å². The highest BCUT2D eigenvalue weighted by atomic mass is 19.1. The topological polar surface area (TPSA) is 163 Å². The van der Waals surface area contributed by atoms with E-state index < -0.39 is 24.2 Å². The Morgan fingerprint density at radius 1 is 1.26 bits per heavy atom. The van der Waals surface area contributed by atoms with Crippen molar-refractivity contribution in [1.29, 1.82) is 5.26 Å². The van der Waals surface area contributed by atoms with Gasteiger partial charge in [-0.25, -0.2) is 13.7 Å². The number of halogens is 1. The van der Waals surface area contributed by atoms with E-state index in [1.165, 1.54) is 33.4 Å². The zero-order chi connectivity index (χ0) is 30.0. The van der Waals surface area contributed by atoms with Crippen molar-refractivity contribution in [3.63, 3.8) is 0 Å². The Bertz CT molecular complexity index is 1670. The molecule has 0 spiro atoms. The Balaban J connectivity index is 1.44. The van der Waals surface area contributed by atoms with Crippen LogP contribution in [0.15, 0.2) is 49.1 Å². The molecule has 14 heteroatoms. The number of alkyl halides is 1. The number of carbonyl (C=O) groups is 2. The normalized spacial score (nSPS) is 15.8. The van der Waals surface area contributed by atoms with Crippen LogP contribution in [0.2, 0.25) is 0 Å². The van der Waals surface area contributed by atoms with Crippen LogP contribution in [0.5, 0.6) is 0 Å². The maximum atomic E-state index is 14.4. The fourth-order valence-corrected chi connectivity index (χ4v) is 4.67. The zero-order valence-electron chi connectivity index (χ0n) is 23.3. The minimum Gasteiger partial charge on any atom is -0.453 e. The first-order chi connectivity index (χ1) is 20.1. The summed E-state index contributed by atoms with van der Waals surface area (Å²) in [6.07, 6.45) is 4.84. The summed E-state index contributed by atoms with van der Waals surface area (Å²) in [7, 11) is 1.34. The number of pyridine rings is 1. The van der Waals surface area contributed by atoms with Crippen molar-refractivity contribution in [3.8, 4) is 17.5 Å². The third kappa shape index (κ3) is 5.86. The number of aliphatic hydroxyl groups is 1. The Morgan fingerprint density at radius 2 is 2.07 bits per heavy atom. The van der Waals surface area contributed by atoms with E-state index in [4.69, 9.17) is 4.74 Å². The number of ether oxygens (including phenoxy) is 1. The molecule has 218 valence electrons. The van der Waals surface area contributed by atoms with E-state index in [1.54, 1.807) is 50.8 Å². The molecular weight excluding hydrogens is 545 g/mol. The van der Waals surface area contributed by atoms with Crippen LogP contribution < -0.4 is 10.6 Å². The highest BCUT2D eigenvalue weighted by Crippen LogP contribution is 2.29. The molecule has 3 N–H and O–H groups in total. The van der Waals surface area contributed by atoms with Crippen molar-refractivity contribution in [2.24, 2.45) is 0 Å². The fourth-order valence-electron chi connectivity index (χ4n) is 4.67. The second-order valence-electron chi connectivity index (χ2n) is 10.6. The van der Waals surface area contributed by atoms with Crippen molar-refractivity contribution in [3.05, 3.63) is 60.2 Å². The molecule has 1 aliphatic rings. The third-order valence-corrected chi connectivity index (χ3v) is 7.10. The Hall–Kier alpha value is -5.03. The van der Waals surface area contributed by atoms with Crippen LogP contribution in [0.4, 0.5) is 20.6 Å². The van der Waals surface area contributed by atoms with E-state index in [0.717, 1.165) is 0 Å². The molecule has 1 fully saturated rings. The van der Waals surface area contributed by atoms with Gasteiger partial charge in [-0.15, -0.1) is 0 Å². The first-order valence-corrected chi connectivity index (χ1v) is 13.2. The molecular formula is C28H30FN9O4. The lowest BCUT2D eigenvalue weighted by atomic mass is 10.0. The molecule has 0 radical (unpaired) electrons. The molecule has 5 heterocycles. The number of amides is 2. The monoisotopic (exact) mass is 575 g/mol. The van der Waals surface area contributed by atoms with Gasteiger partial charge in [-0.05, 0) is 44.5 Å². The zero-order valence-corrected chi connectivity index (χ0v) is 23.3. The molecule has 1 saturated heterocycles. The minimum absolute atomic E-state index is 0.0461. The van der Waals surface area contributed by atoms with Gasteiger partial charge in [0.25, 0.3) is 5.91 Å². The number of hydrogen-bond donors (Lipinski definition) is 3. The SMILES string of the molecule is COC(=O)N1CCC(n2cc(Nc3cc(-c4ccc5cc(C#N)cnn45)ncc3C(=O)NCC(F)C(C)(C)O)cn2)C1. The summed E-state index contributed by atoms with van der Waals surface area (Å²) < 4.78 is 22.6. The molecule has 42 heavy (non-hydrogen) atoms. The summed E-state index contributed by atoms with van der Waals surface area (Å²) >= 11 is 0. The molecule has 0 aromatic carbocycles. The lowest BCUT2D eigenvalue weighted by molar-refractivity contribution is -0.00177. The number of nitrogens with one attached hydrogen (secondary N) is 2. The number of fused-ring (bicyclic) bond motifs is 1. The van der Waals surface area contributed by atoms with Crippen molar-refractivity contribution >= 4 is 28.9 Å². The second kappa shape index (κ2) is 11.5. The molecule has 5 rings (SSSR count). The number of methoxy groups -OCH3 is 1. The number of likely N-dealkylation sites (tertiary alicyclic amines) is 1. The van der Waals surface area contributed by atoms with Crippen LogP contribution in [0, 0.1) is 11.3 Å². The van der Waals surface area contributed by atoms with Gasteiger partial charge < -0.3 is 25.4 Å². The summed E-state index contributed by atoms with van der Waals surface area (Å²) in [5.41, 5.74) is 1.71. The molecule has 0 bridgehead atoms. The fraction of sp³-hybridized carbons (Fsp3) is 0.357. The van der Waals surface area contributed by atoms with Gasteiger partial charge in [0.05, 0.1) is 77.1 Å². The number of nitriles is 1. The van der Waals surface area contributed by atoms with E-state index in [9.17, 15) is 24.3 Å². The molecule has 13 nitrogen and oxygen atoms in total. The standard InChI is InChI=1S/C28H30FN9O4/c1-28(2,41)25(29)14-32-26(39)21-13-31-23(24-5-4-19-8-17(10-30)11-34-38(19)24)9-22(21)35-18-12-33-37(15-18)20-6-7-36(16-20)27(40)42-3/h4-5,8-9,11-13,15,20,25,41H,6-7,14,16H2,1-3H3,(H,31,35)(H,32,39). The van der Waals surface area contributed by atoms with E-state index in [1.807, 2.05) is 0 Å². The molecule has 2 atom stereocenters. The maximum Gasteiger partial charge on any atom is 0.409 e. The Labute approximate surface area is 240 Å². The number of aromatic nitrogens is 5. The van der Waals surface area contributed by atoms with Crippen molar-refractivity contribution in [2.75, 3.05) is 32.1 Å². The summed E-state index contributed by atoms with van der Waals surface area (Å²) in [6.45, 7) is 3.26. The number of nitrogens with zero attached hydrogens (tertiary/aromatic N) is 7. The van der Waals surface area contributed by atoms with Crippen LogP contribution in [-0.4, -0.2) is 84.9 Å². The minimum atomic E-state index is -1.68. The van der Waals surface area contributed by atoms with Crippen LogP contribution >= 0.6 is 0 Å². The molecule has 2 unspecified atom stereocenters. The van der Waals surface area contributed by atoms with Gasteiger partial charge in [0.15, 0.2) is 0 Å². The number of anilines is 2. The van der Waals surface area contributed by atoms with Gasteiger partial charge in [0.1, 0.15) is 12.2 Å². The second-order valence-corrected chi connectivity index (χ2v) is 10.6. The number of hydrogen-bond acceptors (Lipinski definition) is 9. The summed E-state index contributed by atoms with van der Waals surface area (Å²) in [4.78, 5) is 31.1. The maximum absolute atomic E-state index is 14.4. The lowest BCUT2D eigenvalue weighted by Crippen LogP contribution is -2.42. The smallest absolute Gasteiger partial charge is 0.409 e. The first-order valence-electron chi connectivity index (χ1n) is 13.2. The van der Waals surface area contributed by atoms with Gasteiger partial charge in [-0.3, -0.25) is 14.5 Å². The van der Waals surface area contributed by atoms with Gasteiger partial charge in [-0.1, -0.05) is 0 Å². The molecule has 4 aromatic heterocycles. The summed E-state index contributed by atoms with van der Waals surface area (Å²) in [5, 5.41) is 33.7. The molecule has 1 aliphatic heterocycles. The van der Waals surface area contributed by atoms with Crippen LogP contribution in [0.3, 0.4) is 0 Å². The highest BCUT2D eigenvalue weighted by Gasteiger charge is 2.29. The number of carbonyl (C=O) groups excluding carboxylic acids is 2. The van der Waals surface area contributed by atoms with Crippen LogP contribution in [0.1, 0.15) is 42.2 Å². The average molecular weight is 576 g/mol.